The van der Waals surface area contributed by atoms with Gasteiger partial charge in [0, 0.05) is 30.6 Å². The fraction of sp³-hybridized carbons (Fsp3) is 0.421. The Bertz CT molecular complexity index is 829. The lowest BCUT2D eigenvalue weighted by atomic mass is 10.0. The summed E-state index contributed by atoms with van der Waals surface area (Å²) in [6.07, 6.45) is 1.09. The van der Waals surface area contributed by atoms with Crippen molar-refractivity contribution in [3.8, 4) is 5.75 Å². The number of hydrogen-bond acceptors (Lipinski definition) is 5. The molecule has 0 unspecified atom stereocenters. The number of benzene rings is 1. The van der Waals surface area contributed by atoms with Crippen LogP contribution in [0.3, 0.4) is 0 Å². The van der Waals surface area contributed by atoms with Crippen LogP contribution in [0.5, 0.6) is 5.75 Å². The van der Waals surface area contributed by atoms with Crippen molar-refractivity contribution in [1.82, 2.24) is 15.2 Å². The highest BCUT2D eigenvalue weighted by Crippen LogP contribution is 2.22. The molecule has 0 bridgehead atoms. The summed E-state index contributed by atoms with van der Waals surface area (Å²) in [4.78, 5) is 30.4. The number of amides is 2. The van der Waals surface area contributed by atoms with Crippen molar-refractivity contribution >= 4 is 22.9 Å². The van der Waals surface area contributed by atoms with Crippen LogP contribution in [0.4, 0.5) is 4.79 Å². The number of aromatic nitrogens is 1. The third kappa shape index (κ3) is 3.71. The molecular formula is C19H23N3O4. The smallest absolute Gasteiger partial charge is 0.409 e. The van der Waals surface area contributed by atoms with Gasteiger partial charge in [-0.25, -0.2) is 4.79 Å². The van der Waals surface area contributed by atoms with Crippen molar-refractivity contribution in [2.24, 2.45) is 0 Å². The summed E-state index contributed by atoms with van der Waals surface area (Å²) in [5.74, 6) is 0.600. The third-order valence-electron chi connectivity index (χ3n) is 4.72. The van der Waals surface area contributed by atoms with E-state index in [4.69, 9.17) is 9.47 Å². The van der Waals surface area contributed by atoms with E-state index in [-0.39, 0.29) is 18.0 Å². The van der Waals surface area contributed by atoms with Gasteiger partial charge in [-0.1, -0.05) is 0 Å². The van der Waals surface area contributed by atoms with Crippen LogP contribution >= 0.6 is 0 Å². The van der Waals surface area contributed by atoms with Gasteiger partial charge in [0.15, 0.2) is 0 Å². The van der Waals surface area contributed by atoms with Gasteiger partial charge < -0.3 is 19.7 Å². The molecular weight excluding hydrogens is 334 g/mol. The first-order chi connectivity index (χ1) is 12.5. The molecule has 1 saturated heterocycles. The van der Waals surface area contributed by atoms with Gasteiger partial charge in [-0.2, -0.15) is 0 Å². The Hall–Kier alpha value is -2.83. The molecule has 26 heavy (non-hydrogen) atoms. The van der Waals surface area contributed by atoms with Crippen LogP contribution in [-0.4, -0.2) is 55.2 Å². The van der Waals surface area contributed by atoms with Crippen LogP contribution in [0, 0.1) is 6.92 Å². The van der Waals surface area contributed by atoms with Crippen molar-refractivity contribution in [3.63, 3.8) is 0 Å². The molecule has 3 rings (SSSR count). The predicted octanol–water partition coefficient (Wildman–Crippen LogP) is 2.51. The van der Waals surface area contributed by atoms with E-state index in [1.165, 1.54) is 7.11 Å². The molecule has 0 atom stereocenters. The summed E-state index contributed by atoms with van der Waals surface area (Å²) in [7, 11) is 2.99. The first-order valence-corrected chi connectivity index (χ1v) is 8.61. The summed E-state index contributed by atoms with van der Waals surface area (Å²) in [5, 5.41) is 3.95. The average Bonchev–Trinajstić information content (AvgIpc) is 2.66. The zero-order chi connectivity index (χ0) is 18.7. The third-order valence-corrected chi connectivity index (χ3v) is 4.72. The van der Waals surface area contributed by atoms with Gasteiger partial charge in [0.1, 0.15) is 5.75 Å². The summed E-state index contributed by atoms with van der Waals surface area (Å²) in [5.41, 5.74) is 2.04. The molecule has 1 aliphatic heterocycles. The minimum atomic E-state index is -0.320. The lowest BCUT2D eigenvalue weighted by Gasteiger charge is -2.31. The summed E-state index contributed by atoms with van der Waals surface area (Å²) >= 11 is 0. The topological polar surface area (TPSA) is 80.8 Å². The minimum absolute atomic E-state index is 0.0365. The van der Waals surface area contributed by atoms with Gasteiger partial charge in [0.2, 0.25) is 0 Å². The minimum Gasteiger partial charge on any atom is -0.497 e. The molecule has 0 spiro atoms. The number of nitrogens with zero attached hydrogens (tertiary/aromatic N) is 2. The van der Waals surface area contributed by atoms with Gasteiger partial charge in [0.05, 0.1) is 31.0 Å². The number of aryl methyl sites for hydroxylation is 1. The molecule has 138 valence electrons. The normalized spacial score (nSPS) is 15.0. The van der Waals surface area contributed by atoms with E-state index in [1.807, 2.05) is 31.2 Å². The first kappa shape index (κ1) is 18.0. The van der Waals surface area contributed by atoms with E-state index in [9.17, 15) is 9.59 Å². The molecule has 1 aliphatic rings. The SMILES string of the molecule is COC(=O)N1CCC(NC(=O)c2cc3ccc(OC)cc3nc2C)CC1. The Kier molecular flexibility index (Phi) is 5.25. The molecule has 0 aliphatic carbocycles. The van der Waals surface area contributed by atoms with Crippen molar-refractivity contribution in [2.75, 3.05) is 27.3 Å². The standard InChI is InChI=1S/C19H23N3O4/c1-12-16(10-13-4-5-15(25-2)11-17(13)20-12)18(23)21-14-6-8-22(9-7-14)19(24)26-3/h4-5,10-11,14H,6-9H2,1-3H3,(H,21,23). The number of carbonyl (C=O) groups excluding carboxylic acids is 2. The Labute approximate surface area is 152 Å². The molecule has 7 nitrogen and oxygen atoms in total. The molecule has 1 aromatic carbocycles. The number of hydrogen-bond donors (Lipinski definition) is 1. The monoisotopic (exact) mass is 357 g/mol. The second-order valence-electron chi connectivity index (χ2n) is 6.38. The van der Waals surface area contributed by atoms with E-state index in [0.717, 1.165) is 16.7 Å². The average molecular weight is 357 g/mol. The van der Waals surface area contributed by atoms with Gasteiger partial charge in [0.25, 0.3) is 5.91 Å². The van der Waals surface area contributed by atoms with E-state index >= 15 is 0 Å². The lowest BCUT2D eigenvalue weighted by molar-refractivity contribution is 0.0891. The van der Waals surface area contributed by atoms with Crippen LogP contribution in [0.15, 0.2) is 24.3 Å². The number of pyridine rings is 1. The number of ether oxygens (including phenoxy) is 2. The van der Waals surface area contributed by atoms with E-state index in [0.29, 0.717) is 37.2 Å². The molecule has 7 heteroatoms. The number of rotatable bonds is 3. The Balaban J connectivity index is 1.70. The molecule has 0 radical (unpaired) electrons. The van der Waals surface area contributed by atoms with Gasteiger partial charge in [-0.3, -0.25) is 9.78 Å². The number of fused-ring (bicyclic) bond motifs is 1. The molecule has 2 amide bonds. The molecule has 2 aromatic rings. The number of methoxy groups -OCH3 is 2. The predicted molar refractivity (Wildman–Crippen MR) is 97.5 cm³/mol. The largest absolute Gasteiger partial charge is 0.497 e. The van der Waals surface area contributed by atoms with Crippen LogP contribution in [0.1, 0.15) is 28.9 Å². The summed E-state index contributed by atoms with van der Waals surface area (Å²) < 4.78 is 9.95. The zero-order valence-electron chi connectivity index (χ0n) is 15.2. The molecule has 1 aromatic heterocycles. The van der Waals surface area contributed by atoms with Crippen LogP contribution in [-0.2, 0) is 4.74 Å². The van der Waals surface area contributed by atoms with Crippen molar-refractivity contribution < 1.29 is 19.1 Å². The highest BCUT2D eigenvalue weighted by atomic mass is 16.5. The van der Waals surface area contributed by atoms with Crippen molar-refractivity contribution in [1.29, 1.82) is 0 Å². The van der Waals surface area contributed by atoms with Gasteiger partial charge in [-0.05, 0) is 38.0 Å². The molecule has 2 heterocycles. The maximum absolute atomic E-state index is 12.7. The van der Waals surface area contributed by atoms with Crippen LogP contribution < -0.4 is 10.1 Å². The number of likely N-dealkylation sites (tertiary alicyclic amines) is 1. The molecule has 1 N–H and O–H groups in total. The van der Waals surface area contributed by atoms with Crippen molar-refractivity contribution in [3.05, 3.63) is 35.5 Å². The van der Waals surface area contributed by atoms with Crippen molar-refractivity contribution in [2.45, 2.75) is 25.8 Å². The second-order valence-corrected chi connectivity index (χ2v) is 6.38. The second kappa shape index (κ2) is 7.59. The Morgan fingerprint density at radius 3 is 2.58 bits per heavy atom. The fourth-order valence-electron chi connectivity index (χ4n) is 3.20. The van der Waals surface area contributed by atoms with E-state index in [1.54, 1.807) is 12.0 Å². The van der Waals surface area contributed by atoms with Gasteiger partial charge >= 0.3 is 6.09 Å². The van der Waals surface area contributed by atoms with E-state index in [2.05, 4.69) is 10.3 Å². The summed E-state index contributed by atoms with van der Waals surface area (Å²) in [6, 6.07) is 7.49. The maximum atomic E-state index is 12.7. The highest BCUT2D eigenvalue weighted by Gasteiger charge is 2.25. The Morgan fingerprint density at radius 1 is 1.19 bits per heavy atom. The van der Waals surface area contributed by atoms with Crippen LogP contribution in [0.2, 0.25) is 0 Å². The summed E-state index contributed by atoms with van der Waals surface area (Å²) in [6.45, 7) is 2.98. The van der Waals surface area contributed by atoms with E-state index < -0.39 is 0 Å². The maximum Gasteiger partial charge on any atom is 0.409 e. The van der Waals surface area contributed by atoms with Crippen LogP contribution in [0.25, 0.3) is 10.9 Å². The first-order valence-electron chi connectivity index (χ1n) is 8.61. The number of nitrogens with one attached hydrogen (secondary N) is 1. The fourth-order valence-corrected chi connectivity index (χ4v) is 3.20. The molecule has 1 fully saturated rings. The van der Waals surface area contributed by atoms with Gasteiger partial charge in [-0.15, -0.1) is 0 Å². The Morgan fingerprint density at radius 2 is 1.92 bits per heavy atom. The number of carbonyl (C=O) groups is 2. The zero-order valence-corrected chi connectivity index (χ0v) is 15.2. The number of piperidine rings is 1. The molecule has 0 saturated carbocycles. The quantitative estimate of drug-likeness (QED) is 0.913. The highest BCUT2D eigenvalue weighted by molar-refractivity contribution is 5.99. The lowest BCUT2D eigenvalue weighted by Crippen LogP contribution is -2.46.